The van der Waals surface area contributed by atoms with Crippen molar-refractivity contribution in [3.8, 4) is 0 Å². The van der Waals surface area contributed by atoms with E-state index >= 15 is 0 Å². The Balaban J connectivity index is 2.10. The fourth-order valence-corrected chi connectivity index (χ4v) is 3.72. The number of aryl methyl sites for hydroxylation is 1. The molecule has 2 unspecified atom stereocenters. The van der Waals surface area contributed by atoms with Crippen LogP contribution in [0.2, 0.25) is 0 Å². The molecule has 1 aromatic carbocycles. The van der Waals surface area contributed by atoms with Crippen molar-refractivity contribution in [2.75, 3.05) is 6.61 Å². The van der Waals surface area contributed by atoms with Crippen LogP contribution < -0.4 is 0 Å². The third-order valence-electron chi connectivity index (χ3n) is 4.73. The second kappa shape index (κ2) is 7.96. The van der Waals surface area contributed by atoms with Crippen LogP contribution in [0.25, 0.3) is 0 Å². The van der Waals surface area contributed by atoms with E-state index in [0.29, 0.717) is 19.1 Å². The van der Waals surface area contributed by atoms with Gasteiger partial charge in [0, 0.05) is 0 Å². The first-order valence-corrected chi connectivity index (χ1v) is 8.82. The Morgan fingerprint density at radius 3 is 2.61 bits per heavy atom. The third kappa shape index (κ3) is 4.35. The molecule has 0 radical (unpaired) electrons. The predicted molar refractivity (Wildman–Crippen MR) is 92.1 cm³/mol. The van der Waals surface area contributed by atoms with Crippen LogP contribution in [0, 0.1) is 18.3 Å². The summed E-state index contributed by atoms with van der Waals surface area (Å²) in [5, 5.41) is 0. The van der Waals surface area contributed by atoms with Gasteiger partial charge in [-0.25, -0.2) is 0 Å². The quantitative estimate of drug-likeness (QED) is 0.686. The largest absolute Gasteiger partial charge is 0.465 e. The van der Waals surface area contributed by atoms with Crippen molar-refractivity contribution < 1.29 is 14.3 Å². The molecule has 0 aromatic heterocycles. The normalized spacial score (nSPS) is 24.1. The molecule has 1 aliphatic rings. The Morgan fingerprint density at radius 2 is 2.00 bits per heavy atom. The Labute approximate surface area is 140 Å². The van der Waals surface area contributed by atoms with Gasteiger partial charge in [0.2, 0.25) is 0 Å². The number of ether oxygens (including phenoxy) is 2. The Bertz CT molecular complexity index is 506. The van der Waals surface area contributed by atoms with Gasteiger partial charge in [0.05, 0.1) is 24.7 Å². The summed E-state index contributed by atoms with van der Waals surface area (Å²) >= 11 is 0. The van der Waals surface area contributed by atoms with Gasteiger partial charge in [-0.2, -0.15) is 0 Å². The molecule has 0 bridgehead atoms. The van der Waals surface area contributed by atoms with Crippen molar-refractivity contribution in [1.82, 2.24) is 0 Å². The minimum Gasteiger partial charge on any atom is -0.465 e. The first-order valence-electron chi connectivity index (χ1n) is 8.82. The molecule has 0 amide bonds. The molecule has 23 heavy (non-hydrogen) atoms. The smallest absolute Gasteiger partial charge is 0.314 e. The van der Waals surface area contributed by atoms with Crippen LogP contribution in [0.1, 0.15) is 57.6 Å². The van der Waals surface area contributed by atoms with E-state index < -0.39 is 5.41 Å². The summed E-state index contributed by atoms with van der Waals surface area (Å²) in [6.07, 6.45) is 3.65. The van der Waals surface area contributed by atoms with E-state index in [9.17, 15) is 4.79 Å². The van der Waals surface area contributed by atoms with Crippen LogP contribution in [-0.4, -0.2) is 18.7 Å². The van der Waals surface area contributed by atoms with Crippen molar-refractivity contribution in [3.63, 3.8) is 0 Å². The fourth-order valence-electron chi connectivity index (χ4n) is 3.72. The minimum atomic E-state index is -0.463. The average Bonchev–Trinajstić information content (AvgIpc) is 2.90. The van der Waals surface area contributed by atoms with Gasteiger partial charge in [0.15, 0.2) is 0 Å². The zero-order chi connectivity index (χ0) is 16.9. The van der Waals surface area contributed by atoms with E-state index in [2.05, 4.69) is 45.0 Å². The number of benzene rings is 1. The van der Waals surface area contributed by atoms with Gasteiger partial charge in [-0.1, -0.05) is 43.7 Å². The van der Waals surface area contributed by atoms with Crippen LogP contribution >= 0.6 is 0 Å². The molecule has 0 aliphatic heterocycles. The van der Waals surface area contributed by atoms with Gasteiger partial charge in [-0.3, -0.25) is 4.79 Å². The summed E-state index contributed by atoms with van der Waals surface area (Å²) < 4.78 is 11.6. The highest BCUT2D eigenvalue weighted by atomic mass is 16.5. The molecule has 2 atom stereocenters. The fraction of sp³-hybridized carbons (Fsp3) is 0.650. The van der Waals surface area contributed by atoms with Gasteiger partial charge in [-0.05, 0) is 51.0 Å². The van der Waals surface area contributed by atoms with E-state index in [-0.39, 0.29) is 12.1 Å². The first-order chi connectivity index (χ1) is 11.0. The highest BCUT2D eigenvalue weighted by Crippen LogP contribution is 2.46. The van der Waals surface area contributed by atoms with E-state index in [4.69, 9.17) is 9.47 Å². The number of rotatable bonds is 7. The van der Waals surface area contributed by atoms with Crippen LogP contribution in [0.3, 0.4) is 0 Å². The summed E-state index contributed by atoms with van der Waals surface area (Å²) in [5.74, 6) is 0.378. The van der Waals surface area contributed by atoms with Crippen LogP contribution in [0.4, 0.5) is 0 Å². The standard InChI is InChI=1S/C20H30O3/c1-5-22-19(21)20(13-15(2)3)12-6-7-18(20)23-14-17-10-8-16(4)9-11-17/h8-11,15,18H,5-7,12-14H2,1-4H3. The topological polar surface area (TPSA) is 35.5 Å². The van der Waals surface area contributed by atoms with Crippen LogP contribution in [0.5, 0.6) is 0 Å². The van der Waals surface area contributed by atoms with Gasteiger partial charge >= 0.3 is 5.97 Å². The van der Waals surface area contributed by atoms with Crippen molar-refractivity contribution in [2.24, 2.45) is 11.3 Å². The average molecular weight is 318 g/mol. The van der Waals surface area contributed by atoms with E-state index in [1.165, 1.54) is 5.56 Å². The molecule has 3 heteroatoms. The number of hydrogen-bond donors (Lipinski definition) is 0. The van der Waals surface area contributed by atoms with E-state index in [0.717, 1.165) is 31.2 Å². The molecule has 1 aromatic rings. The number of carbonyl (C=O) groups is 1. The molecule has 1 saturated carbocycles. The van der Waals surface area contributed by atoms with Crippen molar-refractivity contribution >= 4 is 5.97 Å². The van der Waals surface area contributed by atoms with Crippen molar-refractivity contribution in [1.29, 1.82) is 0 Å². The summed E-state index contributed by atoms with van der Waals surface area (Å²) in [7, 11) is 0. The molecule has 0 heterocycles. The lowest BCUT2D eigenvalue weighted by Gasteiger charge is -2.34. The summed E-state index contributed by atoms with van der Waals surface area (Å²) in [4.78, 5) is 12.7. The molecule has 0 saturated heterocycles. The molecule has 0 N–H and O–H groups in total. The molecule has 0 spiro atoms. The molecule has 1 aliphatic carbocycles. The molecule has 1 fully saturated rings. The van der Waals surface area contributed by atoms with Gasteiger partial charge in [0.1, 0.15) is 0 Å². The lowest BCUT2D eigenvalue weighted by molar-refractivity contribution is -0.166. The minimum absolute atomic E-state index is 0.0368. The van der Waals surface area contributed by atoms with Crippen LogP contribution in [-0.2, 0) is 20.9 Å². The van der Waals surface area contributed by atoms with E-state index in [1.807, 2.05) is 6.92 Å². The molecule has 128 valence electrons. The lowest BCUT2D eigenvalue weighted by Crippen LogP contribution is -2.42. The number of carbonyl (C=O) groups excluding carboxylic acids is 1. The summed E-state index contributed by atoms with van der Waals surface area (Å²) in [6.45, 7) is 9.27. The van der Waals surface area contributed by atoms with Crippen LogP contribution in [0.15, 0.2) is 24.3 Å². The first kappa shape index (κ1) is 18.0. The lowest BCUT2D eigenvalue weighted by atomic mass is 9.76. The Morgan fingerprint density at radius 1 is 1.30 bits per heavy atom. The maximum atomic E-state index is 12.7. The predicted octanol–water partition coefficient (Wildman–Crippen LogP) is 4.66. The molecular weight excluding hydrogens is 288 g/mol. The van der Waals surface area contributed by atoms with Crippen molar-refractivity contribution in [3.05, 3.63) is 35.4 Å². The SMILES string of the molecule is CCOC(=O)C1(CC(C)C)CCCC1OCc1ccc(C)cc1. The maximum absolute atomic E-state index is 12.7. The highest BCUT2D eigenvalue weighted by Gasteiger charge is 2.51. The van der Waals surface area contributed by atoms with Crippen molar-refractivity contribution in [2.45, 2.75) is 66.1 Å². The Kier molecular flexibility index (Phi) is 6.23. The zero-order valence-electron chi connectivity index (χ0n) is 14.9. The maximum Gasteiger partial charge on any atom is 0.314 e. The Hall–Kier alpha value is -1.35. The number of hydrogen-bond acceptors (Lipinski definition) is 3. The summed E-state index contributed by atoms with van der Waals surface area (Å²) in [5.41, 5.74) is 1.94. The second-order valence-corrected chi connectivity index (χ2v) is 7.15. The second-order valence-electron chi connectivity index (χ2n) is 7.15. The monoisotopic (exact) mass is 318 g/mol. The zero-order valence-corrected chi connectivity index (χ0v) is 14.9. The van der Waals surface area contributed by atoms with Gasteiger partial charge < -0.3 is 9.47 Å². The highest BCUT2D eigenvalue weighted by molar-refractivity contribution is 5.78. The molecule has 2 rings (SSSR count). The molecule has 3 nitrogen and oxygen atoms in total. The van der Waals surface area contributed by atoms with Gasteiger partial charge in [-0.15, -0.1) is 0 Å². The number of esters is 1. The van der Waals surface area contributed by atoms with E-state index in [1.54, 1.807) is 0 Å². The van der Waals surface area contributed by atoms with Gasteiger partial charge in [0.25, 0.3) is 0 Å². The third-order valence-corrected chi connectivity index (χ3v) is 4.73. The summed E-state index contributed by atoms with van der Waals surface area (Å²) in [6, 6.07) is 8.39. The molecular formula is C20H30O3.